The molecule has 0 radical (unpaired) electrons. The molecule has 0 unspecified atom stereocenters. The molecular weight excluding hydrogens is 345 g/mol. The van der Waals surface area contributed by atoms with Gasteiger partial charge in [-0.25, -0.2) is 0 Å². The average molecular weight is 362 g/mol. The van der Waals surface area contributed by atoms with Crippen LogP contribution < -0.4 is 16.2 Å². The molecule has 1 aliphatic heterocycles. The van der Waals surface area contributed by atoms with Crippen molar-refractivity contribution in [1.82, 2.24) is 0 Å². The summed E-state index contributed by atoms with van der Waals surface area (Å²) in [6, 6.07) is 21.1. The minimum atomic E-state index is -0.160. The van der Waals surface area contributed by atoms with Crippen LogP contribution in [0.1, 0.15) is 21.5 Å². The Labute approximate surface area is 158 Å². The summed E-state index contributed by atoms with van der Waals surface area (Å²) < 4.78 is 5.98. The van der Waals surface area contributed by atoms with Crippen LogP contribution in [0, 0.1) is 6.92 Å². The van der Waals surface area contributed by atoms with E-state index < -0.39 is 0 Å². The molecule has 0 atom stereocenters. The highest BCUT2D eigenvalue weighted by atomic mass is 35.5. The number of rotatable bonds is 3. The van der Waals surface area contributed by atoms with Crippen molar-refractivity contribution in [3.05, 3.63) is 88.4 Å². The molecule has 128 valence electrons. The molecule has 0 saturated heterocycles. The van der Waals surface area contributed by atoms with E-state index in [1.54, 1.807) is 24.3 Å². The zero-order valence-corrected chi connectivity index (χ0v) is 15.1. The summed E-state index contributed by atoms with van der Waals surface area (Å²) in [5.41, 5.74) is 5.92. The fraction of sp³-hybridized carbons (Fsp3) is 0.0952. The number of aryl methyl sites for hydroxylation is 1. The van der Waals surface area contributed by atoms with Gasteiger partial charge in [0.2, 0.25) is 0 Å². The molecule has 26 heavy (non-hydrogen) atoms. The van der Waals surface area contributed by atoms with Crippen LogP contribution in [0.25, 0.3) is 0 Å². The minimum absolute atomic E-state index is 0.0991. The van der Waals surface area contributed by atoms with Crippen LogP contribution in [-0.4, -0.2) is 12.8 Å². The van der Waals surface area contributed by atoms with Gasteiger partial charge in [0, 0.05) is 16.3 Å². The first kappa shape index (κ1) is 16.9. The van der Waals surface area contributed by atoms with E-state index in [0.717, 1.165) is 22.2 Å². The summed E-state index contributed by atoms with van der Waals surface area (Å²) in [5.74, 6) is -0.160. The molecule has 3 aromatic carbocycles. The van der Waals surface area contributed by atoms with Crippen LogP contribution in [0.5, 0.6) is 0 Å². The van der Waals surface area contributed by atoms with Crippen LogP contribution in [0.2, 0.25) is 5.02 Å². The molecule has 1 N–H and O–H groups in total. The van der Waals surface area contributed by atoms with Gasteiger partial charge in [-0.05, 0) is 59.8 Å². The van der Waals surface area contributed by atoms with Gasteiger partial charge < -0.3 is 9.97 Å². The zero-order chi connectivity index (χ0) is 18.1. The van der Waals surface area contributed by atoms with Crippen LogP contribution in [0.3, 0.4) is 0 Å². The third-order valence-corrected chi connectivity index (χ3v) is 4.83. The van der Waals surface area contributed by atoms with Crippen molar-refractivity contribution in [2.75, 3.05) is 5.32 Å². The summed E-state index contributed by atoms with van der Waals surface area (Å²) in [6.07, 6.45) is 0. The maximum atomic E-state index is 12.4. The predicted molar refractivity (Wildman–Crippen MR) is 107 cm³/mol. The summed E-state index contributed by atoms with van der Waals surface area (Å²) in [4.78, 5) is 12.4. The molecule has 0 aliphatic carbocycles. The number of benzene rings is 3. The van der Waals surface area contributed by atoms with Crippen LogP contribution >= 0.6 is 11.6 Å². The van der Waals surface area contributed by atoms with Gasteiger partial charge in [-0.2, -0.15) is 0 Å². The van der Waals surface area contributed by atoms with Crippen LogP contribution in [-0.2, 0) is 11.3 Å². The van der Waals surface area contributed by atoms with Gasteiger partial charge in [-0.3, -0.25) is 4.79 Å². The van der Waals surface area contributed by atoms with Gasteiger partial charge in [0.15, 0.2) is 0 Å². The number of nitrogens with one attached hydrogen (secondary N) is 1. The van der Waals surface area contributed by atoms with Crippen LogP contribution in [0.15, 0.2) is 66.7 Å². The van der Waals surface area contributed by atoms with Gasteiger partial charge in [0.25, 0.3) is 5.91 Å². The quantitative estimate of drug-likeness (QED) is 0.725. The first-order valence-electron chi connectivity index (χ1n) is 8.48. The molecule has 3 aromatic rings. The predicted octanol–water partition coefficient (Wildman–Crippen LogP) is 3.54. The van der Waals surface area contributed by atoms with Crippen LogP contribution in [0.4, 0.5) is 5.69 Å². The number of carbonyl (C=O) groups excluding carboxylic acids is 1. The van der Waals surface area contributed by atoms with E-state index in [2.05, 4.69) is 36.5 Å². The molecular formula is C21H17BClNO2. The van der Waals surface area contributed by atoms with Crippen molar-refractivity contribution >= 4 is 41.0 Å². The Bertz CT molecular complexity index is 955. The van der Waals surface area contributed by atoms with Gasteiger partial charge in [-0.15, -0.1) is 0 Å². The van der Waals surface area contributed by atoms with Crippen molar-refractivity contribution in [3.63, 3.8) is 0 Å². The Morgan fingerprint density at radius 1 is 1.04 bits per heavy atom. The summed E-state index contributed by atoms with van der Waals surface area (Å²) in [5, 5.41) is 3.56. The van der Waals surface area contributed by atoms with E-state index in [4.69, 9.17) is 16.3 Å². The number of hydrogen-bond acceptors (Lipinski definition) is 2. The monoisotopic (exact) mass is 361 g/mol. The lowest BCUT2D eigenvalue weighted by Crippen LogP contribution is -2.41. The second-order valence-corrected chi connectivity index (χ2v) is 6.91. The first-order chi connectivity index (χ1) is 12.6. The van der Waals surface area contributed by atoms with Crippen molar-refractivity contribution in [1.29, 1.82) is 0 Å². The highest BCUT2D eigenvalue weighted by molar-refractivity contribution is 6.81. The Morgan fingerprint density at radius 2 is 1.77 bits per heavy atom. The number of carbonyl (C=O) groups is 1. The maximum absolute atomic E-state index is 12.4. The van der Waals surface area contributed by atoms with Crippen molar-refractivity contribution in [3.8, 4) is 0 Å². The van der Waals surface area contributed by atoms with Crippen molar-refractivity contribution in [2.45, 2.75) is 13.5 Å². The number of hydrogen-bond donors (Lipinski definition) is 1. The largest absolute Gasteiger partial charge is 0.423 e. The summed E-state index contributed by atoms with van der Waals surface area (Å²) >= 11 is 5.88. The van der Waals surface area contributed by atoms with E-state index in [1.165, 1.54) is 5.56 Å². The van der Waals surface area contributed by atoms with Gasteiger partial charge in [0.1, 0.15) is 0 Å². The second-order valence-electron chi connectivity index (χ2n) is 6.48. The number of fused-ring (bicyclic) bond motifs is 1. The molecule has 0 spiro atoms. The Morgan fingerprint density at radius 3 is 2.50 bits per heavy atom. The normalized spacial score (nSPS) is 12.8. The topological polar surface area (TPSA) is 38.3 Å². The second kappa shape index (κ2) is 6.98. The molecule has 1 amide bonds. The van der Waals surface area contributed by atoms with Gasteiger partial charge >= 0.3 is 6.92 Å². The first-order valence-corrected chi connectivity index (χ1v) is 8.86. The fourth-order valence-electron chi connectivity index (χ4n) is 3.13. The van der Waals surface area contributed by atoms with E-state index in [9.17, 15) is 4.79 Å². The maximum Gasteiger partial charge on any atom is 0.362 e. The summed E-state index contributed by atoms with van der Waals surface area (Å²) in [6.45, 7) is 2.55. The lowest BCUT2D eigenvalue weighted by Gasteiger charge is -2.10. The molecule has 0 fully saturated rings. The lowest BCUT2D eigenvalue weighted by molar-refractivity contribution is 0.102. The molecule has 1 aliphatic rings. The minimum Gasteiger partial charge on any atom is -0.423 e. The van der Waals surface area contributed by atoms with Crippen molar-refractivity contribution < 1.29 is 9.45 Å². The number of anilines is 1. The molecule has 5 heteroatoms. The van der Waals surface area contributed by atoms with E-state index in [1.807, 2.05) is 18.2 Å². The zero-order valence-electron chi connectivity index (χ0n) is 14.3. The lowest BCUT2D eigenvalue weighted by atomic mass is 9.56. The third-order valence-electron chi connectivity index (χ3n) is 4.58. The van der Waals surface area contributed by atoms with E-state index in [-0.39, 0.29) is 12.8 Å². The molecule has 1 heterocycles. The Kier molecular flexibility index (Phi) is 4.54. The highest BCUT2D eigenvalue weighted by Crippen LogP contribution is 2.17. The third kappa shape index (κ3) is 3.39. The smallest absolute Gasteiger partial charge is 0.362 e. The average Bonchev–Trinajstić information content (AvgIpc) is 3.06. The standard InChI is InChI=1S/C21H17BClNO2/c1-14-2-7-17(8-3-14)22-20-12-19(11-6-16(20)13-26-22)24-21(25)15-4-9-18(23)10-5-15/h2-12H,13H2,1H3,(H,24,25). The SMILES string of the molecule is Cc1ccc(B2OCc3ccc(NC(=O)c4ccc(Cl)cc4)cc32)cc1. The molecule has 0 saturated carbocycles. The summed E-state index contributed by atoms with van der Waals surface area (Å²) in [7, 11) is 0. The van der Waals surface area contributed by atoms with E-state index >= 15 is 0 Å². The van der Waals surface area contributed by atoms with E-state index in [0.29, 0.717) is 17.2 Å². The van der Waals surface area contributed by atoms with Crippen molar-refractivity contribution in [2.24, 2.45) is 0 Å². The number of amides is 1. The van der Waals surface area contributed by atoms with Gasteiger partial charge in [-0.1, -0.05) is 47.5 Å². The molecule has 0 bridgehead atoms. The number of halogens is 1. The molecule has 0 aromatic heterocycles. The molecule has 4 rings (SSSR count). The molecule has 3 nitrogen and oxygen atoms in total. The fourth-order valence-corrected chi connectivity index (χ4v) is 3.26. The Hall–Kier alpha value is -2.56. The Balaban J connectivity index is 1.58. The highest BCUT2D eigenvalue weighted by Gasteiger charge is 2.30. The van der Waals surface area contributed by atoms with Gasteiger partial charge in [0.05, 0.1) is 6.61 Å².